The molecule has 0 aliphatic carbocycles. The Hall–Kier alpha value is -1.34. The van der Waals surface area contributed by atoms with Gasteiger partial charge in [-0.2, -0.15) is 0 Å². The number of piperidine rings is 1. The summed E-state index contributed by atoms with van der Waals surface area (Å²) in [7, 11) is 0. The van der Waals surface area contributed by atoms with Gasteiger partial charge in [-0.15, -0.1) is 0 Å². The van der Waals surface area contributed by atoms with E-state index in [2.05, 4.69) is 15.5 Å². The van der Waals surface area contributed by atoms with Gasteiger partial charge in [0.1, 0.15) is 0 Å². The van der Waals surface area contributed by atoms with E-state index in [1.54, 1.807) is 0 Å². The van der Waals surface area contributed by atoms with Gasteiger partial charge in [-0.3, -0.25) is 9.69 Å². The van der Waals surface area contributed by atoms with Gasteiger partial charge >= 0.3 is 6.03 Å². The normalized spacial score (nSPS) is 17.7. The fraction of sp³-hybridized carbons (Fsp3) is 0.800. The number of hydrogen-bond acceptors (Lipinski definition) is 4. The van der Waals surface area contributed by atoms with Crippen LogP contribution in [0.1, 0.15) is 12.8 Å². The molecule has 7 nitrogen and oxygen atoms in total. The first-order chi connectivity index (χ1) is 8.08. The number of likely N-dealkylation sites (tertiary alicyclic amines) is 1. The zero-order chi connectivity index (χ0) is 12.7. The van der Waals surface area contributed by atoms with E-state index >= 15 is 0 Å². The lowest BCUT2D eigenvalue weighted by Gasteiger charge is -2.29. The van der Waals surface area contributed by atoms with E-state index in [4.69, 9.17) is 11.5 Å². The number of nitrogens with zero attached hydrogens (tertiary/aromatic N) is 1. The number of amides is 3. The number of nitrogens with one attached hydrogen (secondary N) is 2. The first-order valence-electron chi connectivity index (χ1n) is 5.86. The first kappa shape index (κ1) is 13.7. The molecule has 0 aromatic heterocycles. The summed E-state index contributed by atoms with van der Waals surface area (Å²) in [5, 5.41) is 5.12. The van der Waals surface area contributed by atoms with Crippen molar-refractivity contribution in [2.45, 2.75) is 18.9 Å². The molecule has 0 aromatic carbocycles. The van der Waals surface area contributed by atoms with E-state index in [-0.39, 0.29) is 11.9 Å². The molecule has 98 valence electrons. The quantitative estimate of drug-likeness (QED) is 0.426. The van der Waals surface area contributed by atoms with E-state index in [0.29, 0.717) is 19.6 Å². The van der Waals surface area contributed by atoms with Crippen LogP contribution in [-0.4, -0.2) is 55.6 Å². The largest absolute Gasteiger partial charge is 0.353 e. The predicted octanol–water partition coefficient (Wildman–Crippen LogP) is -1.81. The van der Waals surface area contributed by atoms with Crippen molar-refractivity contribution in [2.24, 2.45) is 11.5 Å². The number of hydrogen-bond donors (Lipinski definition) is 4. The van der Waals surface area contributed by atoms with Crippen molar-refractivity contribution >= 4 is 11.9 Å². The highest BCUT2D eigenvalue weighted by Crippen LogP contribution is 2.06. The van der Waals surface area contributed by atoms with Gasteiger partial charge in [0.25, 0.3) is 0 Å². The number of primary amides is 1. The molecule has 7 heteroatoms. The maximum atomic E-state index is 11.5. The van der Waals surface area contributed by atoms with Gasteiger partial charge < -0.3 is 22.1 Å². The predicted molar refractivity (Wildman–Crippen MR) is 64.2 cm³/mol. The standard InChI is InChI=1S/C10H21N5O2/c11-8-1-5-15(6-2-8)7-9(16)13-3-4-14-10(12)17/h8H,1-7,11H2,(H,13,16)(H3,12,14,17). The van der Waals surface area contributed by atoms with Crippen LogP contribution in [0.4, 0.5) is 4.79 Å². The Morgan fingerprint density at radius 2 is 1.76 bits per heavy atom. The van der Waals surface area contributed by atoms with Crippen LogP contribution in [0.3, 0.4) is 0 Å². The van der Waals surface area contributed by atoms with Gasteiger partial charge in [-0.25, -0.2) is 4.79 Å². The first-order valence-corrected chi connectivity index (χ1v) is 5.86. The summed E-state index contributed by atoms with van der Waals surface area (Å²) in [5.74, 6) is -0.0354. The molecular weight excluding hydrogens is 222 g/mol. The minimum absolute atomic E-state index is 0.0354. The van der Waals surface area contributed by atoms with Crippen LogP contribution in [0.25, 0.3) is 0 Å². The zero-order valence-electron chi connectivity index (χ0n) is 9.95. The summed E-state index contributed by atoms with van der Waals surface area (Å²) in [6.07, 6.45) is 1.88. The minimum atomic E-state index is -0.579. The molecule has 1 aliphatic heterocycles. The van der Waals surface area contributed by atoms with E-state index in [1.165, 1.54) is 0 Å². The Balaban J connectivity index is 2.06. The minimum Gasteiger partial charge on any atom is -0.353 e. The Labute approximate surface area is 101 Å². The highest BCUT2D eigenvalue weighted by atomic mass is 16.2. The maximum Gasteiger partial charge on any atom is 0.312 e. The highest BCUT2D eigenvalue weighted by molar-refractivity contribution is 5.78. The molecule has 0 aromatic rings. The lowest BCUT2D eigenvalue weighted by molar-refractivity contribution is -0.122. The van der Waals surface area contributed by atoms with Crippen LogP contribution >= 0.6 is 0 Å². The second kappa shape index (κ2) is 7.08. The summed E-state index contributed by atoms with van der Waals surface area (Å²) >= 11 is 0. The summed E-state index contributed by atoms with van der Waals surface area (Å²) < 4.78 is 0. The molecule has 0 unspecified atom stereocenters. The van der Waals surface area contributed by atoms with Gasteiger partial charge in [0, 0.05) is 32.2 Å². The second-order valence-electron chi connectivity index (χ2n) is 4.25. The topological polar surface area (TPSA) is 113 Å². The molecule has 1 rings (SSSR count). The zero-order valence-corrected chi connectivity index (χ0v) is 9.95. The van der Waals surface area contributed by atoms with Crippen LogP contribution < -0.4 is 22.1 Å². The number of nitrogens with two attached hydrogens (primary N) is 2. The summed E-state index contributed by atoms with van der Waals surface area (Å²) in [6.45, 7) is 2.88. The van der Waals surface area contributed by atoms with E-state index in [0.717, 1.165) is 25.9 Å². The summed E-state index contributed by atoms with van der Waals surface area (Å²) in [6, 6.07) is -0.307. The molecule has 1 heterocycles. The van der Waals surface area contributed by atoms with Gasteiger partial charge in [0.05, 0.1) is 6.54 Å². The highest BCUT2D eigenvalue weighted by Gasteiger charge is 2.17. The van der Waals surface area contributed by atoms with Gasteiger partial charge in [0.15, 0.2) is 0 Å². The van der Waals surface area contributed by atoms with Crippen LogP contribution in [0, 0.1) is 0 Å². The molecule has 3 amide bonds. The molecule has 1 saturated heterocycles. The van der Waals surface area contributed by atoms with Crippen molar-refractivity contribution in [3.8, 4) is 0 Å². The van der Waals surface area contributed by atoms with Crippen molar-refractivity contribution in [1.82, 2.24) is 15.5 Å². The number of carbonyl (C=O) groups excluding carboxylic acids is 2. The molecule has 1 aliphatic rings. The summed E-state index contributed by atoms with van der Waals surface area (Å²) in [4.78, 5) is 24.0. The smallest absolute Gasteiger partial charge is 0.312 e. The molecule has 0 atom stereocenters. The van der Waals surface area contributed by atoms with Crippen LogP contribution in [-0.2, 0) is 4.79 Å². The Bertz CT molecular complexity index is 263. The molecule has 0 bridgehead atoms. The van der Waals surface area contributed by atoms with Crippen molar-refractivity contribution in [3.05, 3.63) is 0 Å². The third kappa shape index (κ3) is 6.08. The SMILES string of the molecule is NC(=O)NCCNC(=O)CN1CCC(N)CC1. The fourth-order valence-electron chi connectivity index (χ4n) is 1.76. The van der Waals surface area contributed by atoms with Crippen molar-refractivity contribution < 1.29 is 9.59 Å². The molecule has 0 spiro atoms. The van der Waals surface area contributed by atoms with Crippen LogP contribution in [0.2, 0.25) is 0 Å². The van der Waals surface area contributed by atoms with E-state index in [1.807, 2.05) is 0 Å². The molecule has 0 saturated carbocycles. The van der Waals surface area contributed by atoms with E-state index in [9.17, 15) is 9.59 Å². The van der Waals surface area contributed by atoms with Gasteiger partial charge in [-0.1, -0.05) is 0 Å². The summed E-state index contributed by atoms with van der Waals surface area (Å²) in [5.41, 5.74) is 10.7. The second-order valence-corrected chi connectivity index (χ2v) is 4.25. The molecule has 1 fully saturated rings. The Morgan fingerprint density at radius 1 is 1.18 bits per heavy atom. The van der Waals surface area contributed by atoms with Crippen molar-refractivity contribution in [1.29, 1.82) is 0 Å². The van der Waals surface area contributed by atoms with Crippen molar-refractivity contribution in [2.75, 3.05) is 32.7 Å². The average molecular weight is 243 g/mol. The lowest BCUT2D eigenvalue weighted by Crippen LogP contribution is -2.45. The van der Waals surface area contributed by atoms with Crippen LogP contribution in [0.5, 0.6) is 0 Å². The maximum absolute atomic E-state index is 11.5. The van der Waals surface area contributed by atoms with E-state index < -0.39 is 6.03 Å². The molecule has 17 heavy (non-hydrogen) atoms. The average Bonchev–Trinajstić information content (AvgIpc) is 2.27. The van der Waals surface area contributed by atoms with Crippen LogP contribution in [0.15, 0.2) is 0 Å². The Morgan fingerprint density at radius 3 is 2.35 bits per heavy atom. The molecular formula is C10H21N5O2. The number of carbonyl (C=O) groups is 2. The monoisotopic (exact) mass is 243 g/mol. The number of urea groups is 1. The number of rotatable bonds is 5. The molecule has 0 radical (unpaired) electrons. The fourth-order valence-corrected chi connectivity index (χ4v) is 1.76. The van der Waals surface area contributed by atoms with Gasteiger partial charge in [0.2, 0.25) is 5.91 Å². The Kier molecular flexibility index (Phi) is 5.71. The van der Waals surface area contributed by atoms with Gasteiger partial charge in [-0.05, 0) is 12.8 Å². The molecule has 6 N–H and O–H groups in total. The third-order valence-corrected chi connectivity index (χ3v) is 2.75. The third-order valence-electron chi connectivity index (χ3n) is 2.75. The lowest BCUT2D eigenvalue weighted by atomic mass is 10.1. The van der Waals surface area contributed by atoms with Crippen molar-refractivity contribution in [3.63, 3.8) is 0 Å².